The molecule has 0 saturated heterocycles. The minimum absolute atomic E-state index is 0.0402. The molecule has 4 heteroatoms. The third kappa shape index (κ3) is 9.31. The van der Waals surface area contributed by atoms with Gasteiger partial charge in [-0.1, -0.05) is 69.8 Å². The summed E-state index contributed by atoms with van der Waals surface area (Å²) < 4.78 is 29.1. The van der Waals surface area contributed by atoms with Crippen LogP contribution in [0.25, 0.3) is 17.5 Å². The fraction of sp³-hybridized carbons (Fsp3) is 0.379. The van der Waals surface area contributed by atoms with Crippen LogP contribution in [-0.2, 0) is 6.42 Å². The van der Waals surface area contributed by atoms with Crippen LogP contribution in [0, 0.1) is 47.2 Å². The number of aryl methyl sites for hydroxylation is 1. The molecule has 2 aromatic rings. The van der Waals surface area contributed by atoms with E-state index in [1.807, 2.05) is 0 Å². The molecule has 33 heavy (non-hydrogen) atoms. The molecule has 0 aliphatic heterocycles. The van der Waals surface area contributed by atoms with Gasteiger partial charge in [-0.05, 0) is 67.2 Å². The van der Waals surface area contributed by atoms with Gasteiger partial charge in [-0.25, -0.2) is 18.7 Å². The summed E-state index contributed by atoms with van der Waals surface area (Å²) in [5, 5.41) is 0. The van der Waals surface area contributed by atoms with E-state index in [9.17, 15) is 8.78 Å². The van der Waals surface area contributed by atoms with Crippen molar-refractivity contribution in [2.45, 2.75) is 71.6 Å². The quantitative estimate of drug-likeness (QED) is 0.272. The second-order valence-corrected chi connectivity index (χ2v) is 7.70. The average molecular weight is 445 g/mol. The summed E-state index contributed by atoms with van der Waals surface area (Å²) in [5.74, 6) is 13.7. The van der Waals surface area contributed by atoms with Crippen LogP contribution in [0.3, 0.4) is 0 Å². The first-order valence-electron chi connectivity index (χ1n) is 11.6. The molecule has 0 fully saturated rings. The maximum atomic E-state index is 14.6. The monoisotopic (exact) mass is 444 g/mol. The number of allylic oxidation sites excluding steroid dienone is 1. The molecule has 1 aromatic carbocycles. The summed E-state index contributed by atoms with van der Waals surface area (Å²) >= 11 is 0. The molecule has 1 heterocycles. The average Bonchev–Trinajstić information content (AvgIpc) is 2.83. The fourth-order valence-corrected chi connectivity index (χ4v) is 3.29. The van der Waals surface area contributed by atoms with Crippen LogP contribution in [0.2, 0.25) is 0 Å². The van der Waals surface area contributed by atoms with Crippen LogP contribution >= 0.6 is 0 Å². The van der Waals surface area contributed by atoms with Crippen molar-refractivity contribution in [1.29, 1.82) is 0 Å². The predicted molar refractivity (Wildman–Crippen MR) is 132 cm³/mol. The van der Waals surface area contributed by atoms with Gasteiger partial charge in [0.05, 0.1) is 5.56 Å². The van der Waals surface area contributed by atoms with Crippen molar-refractivity contribution in [3.8, 4) is 46.9 Å². The highest BCUT2D eigenvalue weighted by molar-refractivity contribution is 5.62. The summed E-state index contributed by atoms with van der Waals surface area (Å²) in [4.78, 5) is 8.51. The number of hydrogen-bond donors (Lipinski definition) is 0. The minimum Gasteiger partial charge on any atom is -0.236 e. The van der Waals surface area contributed by atoms with Crippen LogP contribution in [0.5, 0.6) is 0 Å². The summed E-state index contributed by atoms with van der Waals surface area (Å²) in [5.41, 5.74) is 1.15. The Bertz CT molecular complexity index is 1100. The maximum Gasteiger partial charge on any atom is 0.170 e. The van der Waals surface area contributed by atoms with Gasteiger partial charge in [-0.15, -0.1) is 0 Å². The van der Waals surface area contributed by atoms with Gasteiger partial charge in [-0.2, -0.15) is 0 Å². The van der Waals surface area contributed by atoms with Crippen molar-refractivity contribution in [1.82, 2.24) is 9.97 Å². The molecule has 1 aromatic heterocycles. The van der Waals surface area contributed by atoms with Crippen molar-refractivity contribution in [2.75, 3.05) is 0 Å². The standard InChI is InChI=1S/C29H30F2N2/c1-3-5-7-9-11-13-14-16-18-24-22-32-29(33-23-24)26-21-20-25(27(30)28(26)31)19-17-15-12-10-8-6-4-2/h17,19-23H,3,5,7,9,11,13-14,16,18H2,1-2H3. The first-order chi connectivity index (χ1) is 16.2. The molecule has 2 nitrogen and oxygen atoms in total. The Hall–Kier alpha value is -3.42. The highest BCUT2D eigenvalue weighted by Gasteiger charge is 2.15. The van der Waals surface area contributed by atoms with E-state index in [2.05, 4.69) is 52.4 Å². The Morgan fingerprint density at radius 1 is 0.818 bits per heavy atom. The molecule has 0 N–H and O–H groups in total. The van der Waals surface area contributed by atoms with Gasteiger partial charge in [0.15, 0.2) is 17.5 Å². The Kier molecular flexibility index (Phi) is 12.1. The Labute approximate surface area is 197 Å². The van der Waals surface area contributed by atoms with Crippen molar-refractivity contribution in [3.05, 3.63) is 53.4 Å². The van der Waals surface area contributed by atoms with Crippen LogP contribution in [0.4, 0.5) is 8.78 Å². The summed E-state index contributed by atoms with van der Waals surface area (Å²) in [7, 11) is 0. The predicted octanol–water partition coefficient (Wildman–Crippen LogP) is 7.15. The second kappa shape index (κ2) is 15.4. The van der Waals surface area contributed by atoms with E-state index in [0.29, 0.717) is 0 Å². The first-order valence-corrected chi connectivity index (χ1v) is 11.6. The number of rotatable bonds is 11. The van der Waals surface area contributed by atoms with Crippen molar-refractivity contribution >= 4 is 6.08 Å². The van der Waals surface area contributed by atoms with Crippen molar-refractivity contribution < 1.29 is 8.78 Å². The Morgan fingerprint density at radius 2 is 1.48 bits per heavy atom. The molecule has 0 amide bonds. The van der Waals surface area contributed by atoms with E-state index in [0.717, 1.165) is 18.4 Å². The zero-order chi connectivity index (χ0) is 23.7. The smallest absolute Gasteiger partial charge is 0.170 e. The third-order valence-electron chi connectivity index (χ3n) is 5.11. The number of halogens is 2. The Balaban J connectivity index is 1.92. The number of unbranched alkanes of at least 4 members (excludes halogenated alkanes) is 7. The zero-order valence-electron chi connectivity index (χ0n) is 19.5. The molecule has 0 radical (unpaired) electrons. The number of hydrogen-bond acceptors (Lipinski definition) is 2. The van der Waals surface area contributed by atoms with E-state index >= 15 is 0 Å². The van der Waals surface area contributed by atoms with E-state index in [1.54, 1.807) is 19.3 Å². The maximum absolute atomic E-state index is 14.6. The van der Waals surface area contributed by atoms with E-state index < -0.39 is 11.6 Å². The lowest BCUT2D eigenvalue weighted by Gasteiger charge is -2.06. The fourth-order valence-electron chi connectivity index (χ4n) is 3.29. The van der Waals surface area contributed by atoms with Gasteiger partial charge in [0.25, 0.3) is 0 Å². The van der Waals surface area contributed by atoms with E-state index in [-0.39, 0.29) is 17.0 Å². The number of aromatic nitrogens is 2. The molecule has 0 unspecified atom stereocenters. The first kappa shape index (κ1) is 25.8. The lowest BCUT2D eigenvalue weighted by molar-refractivity contribution is 0.509. The molecule has 0 bridgehead atoms. The molecule has 2 rings (SSSR count). The van der Waals surface area contributed by atoms with Gasteiger partial charge in [-0.3, -0.25) is 0 Å². The molecule has 0 atom stereocenters. The van der Waals surface area contributed by atoms with Crippen LogP contribution in [0.15, 0.2) is 30.6 Å². The third-order valence-corrected chi connectivity index (χ3v) is 5.11. The summed E-state index contributed by atoms with van der Waals surface area (Å²) in [6.45, 7) is 3.91. The van der Waals surface area contributed by atoms with Gasteiger partial charge in [0.1, 0.15) is 0 Å². The molecular weight excluding hydrogens is 414 g/mol. The van der Waals surface area contributed by atoms with Crippen LogP contribution in [0.1, 0.15) is 76.3 Å². The van der Waals surface area contributed by atoms with Crippen molar-refractivity contribution in [3.63, 3.8) is 0 Å². The highest BCUT2D eigenvalue weighted by Crippen LogP contribution is 2.24. The van der Waals surface area contributed by atoms with Gasteiger partial charge < -0.3 is 0 Å². The van der Waals surface area contributed by atoms with Crippen molar-refractivity contribution in [2.24, 2.45) is 0 Å². The molecule has 0 aliphatic carbocycles. The van der Waals surface area contributed by atoms with Gasteiger partial charge >= 0.3 is 0 Å². The minimum atomic E-state index is -0.973. The Morgan fingerprint density at radius 3 is 2.18 bits per heavy atom. The second-order valence-electron chi connectivity index (χ2n) is 7.70. The summed E-state index contributed by atoms with van der Waals surface area (Å²) in [6, 6.07) is 2.97. The molecular formula is C29H30F2N2. The molecule has 0 spiro atoms. The SMILES string of the molecule is CC#CC#CC#CC=Cc1ccc(-c2ncc(CCCCCCCCCC)cn2)c(F)c1F. The van der Waals surface area contributed by atoms with E-state index in [1.165, 1.54) is 69.2 Å². The topological polar surface area (TPSA) is 25.8 Å². The number of benzene rings is 1. The highest BCUT2D eigenvalue weighted by atomic mass is 19.2. The molecule has 0 aliphatic rings. The largest absolute Gasteiger partial charge is 0.236 e. The molecule has 170 valence electrons. The number of nitrogens with zero attached hydrogens (tertiary/aromatic N) is 2. The van der Waals surface area contributed by atoms with Gasteiger partial charge in [0, 0.05) is 18.0 Å². The zero-order valence-corrected chi connectivity index (χ0v) is 19.5. The van der Waals surface area contributed by atoms with Gasteiger partial charge in [0.2, 0.25) is 0 Å². The molecule has 0 saturated carbocycles. The van der Waals surface area contributed by atoms with Crippen LogP contribution in [-0.4, -0.2) is 9.97 Å². The lowest BCUT2D eigenvalue weighted by Crippen LogP contribution is -1.98. The van der Waals surface area contributed by atoms with Crippen LogP contribution < -0.4 is 0 Å². The summed E-state index contributed by atoms with van der Waals surface area (Å²) in [6.07, 6.45) is 17.2. The van der Waals surface area contributed by atoms with E-state index in [4.69, 9.17) is 0 Å². The normalized spacial score (nSPS) is 10.1. The lowest BCUT2D eigenvalue weighted by atomic mass is 10.1.